The molecule has 2 rings (SSSR count). The molecular formula is C15H19N. The third kappa shape index (κ3) is 2.27. The summed E-state index contributed by atoms with van der Waals surface area (Å²) in [6, 6.07) is 8.81. The lowest BCUT2D eigenvalue weighted by Crippen LogP contribution is -2.06. The van der Waals surface area contributed by atoms with E-state index in [2.05, 4.69) is 31.2 Å². The average Bonchev–Trinajstić information content (AvgIpc) is 2.39. The SMILES string of the molecule is CCc1ccc(C2CCCCC2)c(C#N)c1. The van der Waals surface area contributed by atoms with Crippen LogP contribution in [-0.2, 0) is 6.42 Å². The molecule has 0 amide bonds. The fourth-order valence-electron chi connectivity index (χ4n) is 2.69. The van der Waals surface area contributed by atoms with Gasteiger partial charge in [0, 0.05) is 0 Å². The van der Waals surface area contributed by atoms with Crippen molar-refractivity contribution in [2.24, 2.45) is 0 Å². The summed E-state index contributed by atoms with van der Waals surface area (Å²) in [5.74, 6) is 0.634. The quantitative estimate of drug-likeness (QED) is 0.723. The van der Waals surface area contributed by atoms with Gasteiger partial charge in [0.05, 0.1) is 11.6 Å². The molecule has 1 aromatic rings. The van der Waals surface area contributed by atoms with Gasteiger partial charge in [-0.05, 0) is 42.4 Å². The largest absolute Gasteiger partial charge is 0.192 e. The van der Waals surface area contributed by atoms with Crippen molar-refractivity contribution in [2.45, 2.75) is 51.4 Å². The van der Waals surface area contributed by atoms with Gasteiger partial charge in [-0.2, -0.15) is 5.26 Å². The fourth-order valence-corrected chi connectivity index (χ4v) is 2.69. The molecule has 1 heteroatoms. The molecule has 0 atom stereocenters. The van der Waals surface area contributed by atoms with Crippen molar-refractivity contribution in [3.63, 3.8) is 0 Å². The Morgan fingerprint density at radius 1 is 1.25 bits per heavy atom. The summed E-state index contributed by atoms with van der Waals surface area (Å²) in [4.78, 5) is 0. The van der Waals surface area contributed by atoms with Crippen LogP contribution in [0.15, 0.2) is 18.2 Å². The summed E-state index contributed by atoms with van der Waals surface area (Å²) < 4.78 is 0. The normalized spacial score (nSPS) is 17.0. The standard InChI is InChI=1S/C15H19N/c1-2-12-8-9-15(14(10-12)11-16)13-6-4-3-5-7-13/h8-10,13H,2-7H2,1H3. The average molecular weight is 213 g/mol. The van der Waals surface area contributed by atoms with E-state index in [0.717, 1.165) is 12.0 Å². The Morgan fingerprint density at radius 3 is 2.62 bits per heavy atom. The van der Waals surface area contributed by atoms with E-state index in [9.17, 15) is 5.26 Å². The number of nitriles is 1. The third-order valence-electron chi connectivity index (χ3n) is 3.69. The van der Waals surface area contributed by atoms with Crippen molar-refractivity contribution in [1.29, 1.82) is 5.26 Å². The molecule has 0 spiro atoms. The van der Waals surface area contributed by atoms with Gasteiger partial charge in [0.1, 0.15) is 0 Å². The van der Waals surface area contributed by atoms with E-state index in [0.29, 0.717) is 5.92 Å². The molecule has 1 aliphatic rings. The molecule has 0 aliphatic heterocycles. The minimum atomic E-state index is 0.634. The summed E-state index contributed by atoms with van der Waals surface area (Å²) in [6.45, 7) is 2.14. The van der Waals surface area contributed by atoms with Gasteiger partial charge in [-0.15, -0.1) is 0 Å². The van der Waals surface area contributed by atoms with Gasteiger partial charge in [-0.1, -0.05) is 38.3 Å². The van der Waals surface area contributed by atoms with E-state index < -0.39 is 0 Å². The highest BCUT2D eigenvalue weighted by atomic mass is 14.3. The van der Waals surface area contributed by atoms with E-state index in [1.54, 1.807) is 0 Å². The van der Waals surface area contributed by atoms with Crippen molar-refractivity contribution in [3.8, 4) is 6.07 Å². The predicted octanol–water partition coefficient (Wildman–Crippen LogP) is 4.17. The van der Waals surface area contributed by atoms with Crippen LogP contribution < -0.4 is 0 Å². The highest BCUT2D eigenvalue weighted by Gasteiger charge is 2.18. The summed E-state index contributed by atoms with van der Waals surface area (Å²) in [6.07, 6.45) is 7.56. The lowest BCUT2D eigenvalue weighted by atomic mass is 9.82. The Kier molecular flexibility index (Phi) is 3.62. The van der Waals surface area contributed by atoms with Gasteiger partial charge in [-0.25, -0.2) is 0 Å². The molecule has 1 nitrogen and oxygen atoms in total. The number of rotatable bonds is 2. The summed E-state index contributed by atoms with van der Waals surface area (Å²) >= 11 is 0. The zero-order valence-corrected chi connectivity index (χ0v) is 10.00. The first-order valence-electron chi connectivity index (χ1n) is 6.38. The topological polar surface area (TPSA) is 23.8 Å². The Morgan fingerprint density at radius 2 is 2.00 bits per heavy atom. The summed E-state index contributed by atoms with van der Waals surface area (Å²) in [5.41, 5.74) is 3.47. The maximum Gasteiger partial charge on any atom is 0.0994 e. The van der Waals surface area contributed by atoms with E-state index in [1.165, 1.54) is 43.2 Å². The van der Waals surface area contributed by atoms with Crippen LogP contribution in [0.1, 0.15) is 61.6 Å². The zero-order chi connectivity index (χ0) is 11.4. The van der Waals surface area contributed by atoms with Gasteiger partial charge in [-0.3, -0.25) is 0 Å². The van der Waals surface area contributed by atoms with Crippen molar-refractivity contribution in [1.82, 2.24) is 0 Å². The number of hydrogen-bond donors (Lipinski definition) is 0. The van der Waals surface area contributed by atoms with Crippen molar-refractivity contribution < 1.29 is 0 Å². The Balaban J connectivity index is 2.29. The second-order valence-electron chi connectivity index (χ2n) is 4.72. The maximum atomic E-state index is 9.22. The Labute approximate surface area is 98.1 Å². The molecule has 1 aliphatic carbocycles. The minimum absolute atomic E-state index is 0.634. The molecule has 84 valence electrons. The molecule has 0 aromatic heterocycles. The van der Waals surface area contributed by atoms with Gasteiger partial charge >= 0.3 is 0 Å². The highest BCUT2D eigenvalue weighted by Crippen LogP contribution is 2.34. The molecule has 0 radical (unpaired) electrons. The van der Waals surface area contributed by atoms with Crippen molar-refractivity contribution >= 4 is 0 Å². The predicted molar refractivity (Wildman–Crippen MR) is 66.4 cm³/mol. The molecule has 0 heterocycles. The molecule has 0 bridgehead atoms. The van der Waals surface area contributed by atoms with Crippen LogP contribution in [0, 0.1) is 11.3 Å². The molecule has 1 saturated carbocycles. The molecule has 0 saturated heterocycles. The van der Waals surface area contributed by atoms with Crippen LogP contribution in [0.25, 0.3) is 0 Å². The van der Waals surface area contributed by atoms with E-state index in [4.69, 9.17) is 0 Å². The first-order valence-corrected chi connectivity index (χ1v) is 6.38. The zero-order valence-electron chi connectivity index (χ0n) is 10.00. The number of nitrogens with zero attached hydrogens (tertiary/aromatic N) is 1. The smallest absolute Gasteiger partial charge is 0.0994 e. The van der Waals surface area contributed by atoms with Crippen molar-refractivity contribution in [2.75, 3.05) is 0 Å². The third-order valence-corrected chi connectivity index (χ3v) is 3.69. The van der Waals surface area contributed by atoms with Crippen LogP contribution >= 0.6 is 0 Å². The van der Waals surface area contributed by atoms with Crippen molar-refractivity contribution in [3.05, 3.63) is 34.9 Å². The van der Waals surface area contributed by atoms with E-state index in [1.807, 2.05) is 0 Å². The molecule has 1 aromatic carbocycles. The highest BCUT2D eigenvalue weighted by molar-refractivity contribution is 5.42. The van der Waals surface area contributed by atoms with E-state index >= 15 is 0 Å². The van der Waals surface area contributed by atoms with Gasteiger partial charge < -0.3 is 0 Å². The van der Waals surface area contributed by atoms with Crippen LogP contribution in [0.4, 0.5) is 0 Å². The molecule has 0 unspecified atom stereocenters. The Hall–Kier alpha value is -1.29. The van der Waals surface area contributed by atoms with Crippen LogP contribution in [0.5, 0.6) is 0 Å². The van der Waals surface area contributed by atoms with Gasteiger partial charge in [0.15, 0.2) is 0 Å². The van der Waals surface area contributed by atoms with Crippen LogP contribution in [0.2, 0.25) is 0 Å². The molecule has 0 N–H and O–H groups in total. The fraction of sp³-hybridized carbons (Fsp3) is 0.533. The second kappa shape index (κ2) is 5.16. The molecular weight excluding hydrogens is 194 g/mol. The lowest BCUT2D eigenvalue weighted by molar-refractivity contribution is 0.443. The number of aryl methyl sites for hydroxylation is 1. The summed E-state index contributed by atoms with van der Waals surface area (Å²) in [7, 11) is 0. The van der Waals surface area contributed by atoms with E-state index in [-0.39, 0.29) is 0 Å². The molecule has 16 heavy (non-hydrogen) atoms. The molecule has 1 fully saturated rings. The first-order chi connectivity index (χ1) is 7.85. The second-order valence-corrected chi connectivity index (χ2v) is 4.72. The number of hydrogen-bond acceptors (Lipinski definition) is 1. The van der Waals surface area contributed by atoms with Crippen LogP contribution in [0.3, 0.4) is 0 Å². The van der Waals surface area contributed by atoms with Gasteiger partial charge in [0.2, 0.25) is 0 Å². The van der Waals surface area contributed by atoms with Gasteiger partial charge in [0.25, 0.3) is 0 Å². The first kappa shape index (κ1) is 11.2. The maximum absolute atomic E-state index is 9.22. The van der Waals surface area contributed by atoms with Crippen LogP contribution in [-0.4, -0.2) is 0 Å². The number of benzene rings is 1. The minimum Gasteiger partial charge on any atom is -0.192 e. The Bertz CT molecular complexity index is 394. The summed E-state index contributed by atoms with van der Waals surface area (Å²) in [5, 5.41) is 9.22. The lowest BCUT2D eigenvalue weighted by Gasteiger charge is -2.23. The monoisotopic (exact) mass is 213 g/mol.